The van der Waals surface area contributed by atoms with Crippen LogP contribution >= 0.6 is 0 Å². The van der Waals surface area contributed by atoms with Crippen LogP contribution in [0.15, 0.2) is 42.6 Å². The van der Waals surface area contributed by atoms with Crippen LogP contribution in [0.3, 0.4) is 0 Å². The summed E-state index contributed by atoms with van der Waals surface area (Å²) >= 11 is 0. The Hall–Kier alpha value is -4.06. The first-order valence-electron chi connectivity index (χ1n) is 13.0. The van der Waals surface area contributed by atoms with E-state index in [4.69, 9.17) is 14.6 Å². The largest absolute Gasteiger partial charge is 0.495 e. The lowest BCUT2D eigenvalue weighted by Gasteiger charge is -2.29. The Bertz CT molecular complexity index is 1640. The van der Waals surface area contributed by atoms with Crippen LogP contribution in [-0.4, -0.2) is 84.6 Å². The number of nitrogens with zero attached hydrogens (tertiary/aromatic N) is 3. The quantitative estimate of drug-likeness (QED) is 0.228. The molecular formula is C27H29F4N5O7S. The molecule has 0 unspecified atom stereocenters. The van der Waals surface area contributed by atoms with Gasteiger partial charge in [0.15, 0.2) is 0 Å². The van der Waals surface area contributed by atoms with Crippen LogP contribution in [0, 0.1) is 5.82 Å². The van der Waals surface area contributed by atoms with Gasteiger partial charge in [-0.2, -0.15) is 22.5 Å². The number of likely N-dealkylation sites (N-methyl/N-ethyl adjacent to an activating group) is 1. The molecule has 17 heteroatoms. The zero-order chi connectivity index (χ0) is 32.4. The number of aliphatic hydroxyl groups is 2. The van der Waals surface area contributed by atoms with E-state index < -0.39 is 75.7 Å². The maximum atomic E-state index is 14.9. The van der Waals surface area contributed by atoms with Crippen LogP contribution in [0.5, 0.6) is 11.6 Å². The Morgan fingerprint density at radius 1 is 1.25 bits per heavy atom. The number of rotatable bonds is 11. The first kappa shape index (κ1) is 32.8. The number of amides is 1. The van der Waals surface area contributed by atoms with Crippen LogP contribution in [0.2, 0.25) is 0 Å². The summed E-state index contributed by atoms with van der Waals surface area (Å²) in [6.07, 6.45) is -5.77. The fourth-order valence-corrected chi connectivity index (χ4v) is 5.28. The van der Waals surface area contributed by atoms with Gasteiger partial charge in [-0.1, -0.05) is 24.3 Å². The van der Waals surface area contributed by atoms with Gasteiger partial charge in [0, 0.05) is 32.3 Å². The first-order chi connectivity index (χ1) is 20.6. The average molecular weight is 644 g/mol. The maximum absolute atomic E-state index is 14.9. The van der Waals surface area contributed by atoms with E-state index in [1.165, 1.54) is 14.2 Å². The summed E-state index contributed by atoms with van der Waals surface area (Å²) in [6, 6.07) is 7.68. The Morgan fingerprint density at radius 2 is 1.95 bits per heavy atom. The van der Waals surface area contributed by atoms with E-state index in [0.717, 1.165) is 22.7 Å². The van der Waals surface area contributed by atoms with Crippen LogP contribution in [0.25, 0.3) is 0 Å². The molecule has 1 heterocycles. The summed E-state index contributed by atoms with van der Waals surface area (Å²) in [5.74, 6) is -3.42. The molecule has 0 saturated heterocycles. The van der Waals surface area contributed by atoms with Crippen molar-refractivity contribution in [3.8, 4) is 11.6 Å². The van der Waals surface area contributed by atoms with Gasteiger partial charge in [0.2, 0.25) is 21.9 Å². The van der Waals surface area contributed by atoms with Gasteiger partial charge in [-0.15, -0.1) is 0 Å². The summed E-state index contributed by atoms with van der Waals surface area (Å²) in [5.41, 5.74) is -0.687. The van der Waals surface area contributed by atoms with Gasteiger partial charge in [0.25, 0.3) is 5.91 Å². The molecule has 3 aromatic rings. The minimum atomic E-state index is -4.94. The van der Waals surface area contributed by atoms with Gasteiger partial charge in [-0.3, -0.25) is 4.79 Å². The molecular weight excluding hydrogens is 614 g/mol. The van der Waals surface area contributed by atoms with Crippen molar-refractivity contribution >= 4 is 27.6 Å². The van der Waals surface area contributed by atoms with Gasteiger partial charge in [-0.05, 0) is 17.2 Å². The van der Waals surface area contributed by atoms with Crippen molar-refractivity contribution in [2.45, 2.75) is 30.8 Å². The normalized spacial score (nSPS) is 17.2. The predicted molar refractivity (Wildman–Crippen MR) is 149 cm³/mol. The Labute approximate surface area is 249 Å². The first-order valence-corrected chi connectivity index (χ1v) is 14.8. The third-order valence-electron chi connectivity index (χ3n) is 6.87. The average Bonchev–Trinajstić information content (AvgIpc) is 3.31. The highest BCUT2D eigenvalue weighted by Crippen LogP contribution is 2.42. The lowest BCUT2D eigenvalue weighted by Crippen LogP contribution is -2.38. The molecule has 4 rings (SSSR count). The maximum Gasteiger partial charge on any atom is 0.423 e. The molecule has 1 aromatic heterocycles. The second-order valence-corrected chi connectivity index (χ2v) is 11.9. The van der Waals surface area contributed by atoms with Crippen molar-refractivity contribution < 1.29 is 50.5 Å². The number of methoxy groups -OCH3 is 1. The Morgan fingerprint density at radius 3 is 2.59 bits per heavy atom. The summed E-state index contributed by atoms with van der Waals surface area (Å²) < 4.78 is 93.7. The molecule has 0 spiro atoms. The Balaban J connectivity index is 1.67. The third-order valence-corrected chi connectivity index (χ3v) is 8.15. The minimum absolute atomic E-state index is 0.0860. The van der Waals surface area contributed by atoms with Gasteiger partial charge in [0.1, 0.15) is 23.2 Å². The molecule has 0 saturated carbocycles. The highest BCUT2D eigenvalue weighted by Gasteiger charge is 2.43. The molecule has 44 heavy (non-hydrogen) atoms. The summed E-state index contributed by atoms with van der Waals surface area (Å²) in [5, 5.41) is 23.1. The third kappa shape index (κ3) is 7.18. The number of alkyl halides is 3. The number of anilines is 2. The highest BCUT2D eigenvalue weighted by atomic mass is 32.2. The van der Waals surface area contributed by atoms with E-state index in [0.29, 0.717) is 17.3 Å². The fourth-order valence-electron chi connectivity index (χ4n) is 4.62. The summed E-state index contributed by atoms with van der Waals surface area (Å²) in [6.45, 7) is -0.983. The second kappa shape index (κ2) is 12.9. The number of aromatic nitrogens is 2. The molecule has 4 N–H and O–H groups in total. The number of nitrogens with one attached hydrogen (secondary N) is 2. The fraction of sp³-hybridized carbons (Fsp3) is 0.370. The monoisotopic (exact) mass is 643 g/mol. The molecule has 12 nitrogen and oxygen atoms in total. The number of fused-ring (bicyclic) bond motifs is 1. The van der Waals surface area contributed by atoms with Crippen molar-refractivity contribution in [2.24, 2.45) is 0 Å². The summed E-state index contributed by atoms with van der Waals surface area (Å²) in [4.78, 5) is 20.0. The highest BCUT2D eigenvalue weighted by molar-refractivity contribution is 7.88. The van der Waals surface area contributed by atoms with Crippen molar-refractivity contribution in [1.82, 2.24) is 19.6 Å². The number of carbonyl (C=O) groups excluding carboxylic acids is 1. The molecule has 2 aromatic carbocycles. The molecule has 238 valence electrons. The zero-order valence-electron chi connectivity index (χ0n) is 23.6. The molecule has 0 bridgehead atoms. The summed E-state index contributed by atoms with van der Waals surface area (Å²) in [7, 11) is -1.28. The van der Waals surface area contributed by atoms with Crippen molar-refractivity contribution in [3.05, 3.63) is 70.7 Å². The van der Waals surface area contributed by atoms with Crippen molar-refractivity contribution in [3.63, 3.8) is 0 Å². The van der Waals surface area contributed by atoms with E-state index in [2.05, 4.69) is 20.6 Å². The molecule has 1 aliphatic rings. The Kier molecular flexibility index (Phi) is 9.62. The lowest BCUT2D eigenvalue weighted by molar-refractivity contribution is -0.140. The predicted octanol–water partition coefficient (Wildman–Crippen LogP) is 2.41. The van der Waals surface area contributed by atoms with Crippen LogP contribution < -0.4 is 20.1 Å². The zero-order valence-corrected chi connectivity index (χ0v) is 24.4. The molecule has 0 radical (unpaired) electrons. The molecule has 0 aliphatic heterocycles. The standard InChI is InChI=1S/C27H29F4N5O7S/c1-36(44(3,40)41)23-16-7-5-4-6-14(16)8-22(23)43-25-18(27(29,30)31)12-33-26(35-25)34-20-10-19(28)17(9-21(20)42-2)24(39)32-11-15(38)13-37/h4-7,9-10,12,15,22-23,37-38H,8,11,13H2,1-3H3,(H,32,39)(H,33,34,35)/t15-,22+,23+/m0/s1. The van der Waals surface area contributed by atoms with Crippen LogP contribution in [0.4, 0.5) is 29.2 Å². The van der Waals surface area contributed by atoms with E-state index >= 15 is 0 Å². The number of halogens is 4. The number of aliphatic hydroxyl groups excluding tert-OH is 2. The van der Waals surface area contributed by atoms with E-state index in [9.17, 15) is 35.9 Å². The lowest BCUT2D eigenvalue weighted by atomic mass is 10.1. The van der Waals surface area contributed by atoms with Crippen LogP contribution in [-0.2, 0) is 22.6 Å². The SMILES string of the molecule is COc1cc(C(=O)NC[C@H](O)CO)c(F)cc1Nc1ncc(C(F)(F)F)c(O[C@@H]2Cc3ccccc3[C@H]2N(C)S(C)(=O)=O)n1. The van der Waals surface area contributed by atoms with E-state index in [1.807, 2.05) is 0 Å². The molecule has 1 aliphatic carbocycles. The van der Waals surface area contributed by atoms with Gasteiger partial charge in [-0.25, -0.2) is 17.8 Å². The number of sulfonamides is 1. The number of hydrogen-bond acceptors (Lipinski definition) is 10. The van der Waals surface area contributed by atoms with Gasteiger partial charge >= 0.3 is 6.18 Å². The van der Waals surface area contributed by atoms with Gasteiger partial charge < -0.3 is 30.3 Å². The van der Waals surface area contributed by atoms with E-state index in [1.54, 1.807) is 24.3 Å². The second-order valence-electron chi connectivity index (χ2n) is 9.90. The molecule has 1 amide bonds. The van der Waals surface area contributed by atoms with E-state index in [-0.39, 0.29) is 24.4 Å². The minimum Gasteiger partial charge on any atom is -0.495 e. The van der Waals surface area contributed by atoms with Gasteiger partial charge in [0.05, 0.1) is 43.4 Å². The number of benzene rings is 2. The van der Waals surface area contributed by atoms with Crippen LogP contribution in [0.1, 0.15) is 33.1 Å². The number of hydrogen-bond donors (Lipinski definition) is 4. The molecule has 0 fully saturated rings. The smallest absolute Gasteiger partial charge is 0.423 e. The molecule has 3 atom stereocenters. The topological polar surface area (TPSA) is 163 Å². The number of ether oxygens (including phenoxy) is 2. The number of carbonyl (C=O) groups is 1. The van der Waals surface area contributed by atoms with Crippen molar-refractivity contribution in [2.75, 3.05) is 38.9 Å². The van der Waals surface area contributed by atoms with Crippen molar-refractivity contribution in [1.29, 1.82) is 0 Å².